The minimum atomic E-state index is -0.613. The molecule has 1 saturated heterocycles. The highest BCUT2D eigenvalue weighted by molar-refractivity contribution is 5.99. The van der Waals surface area contributed by atoms with Gasteiger partial charge in [0.15, 0.2) is 11.5 Å². The molecule has 1 aromatic carbocycles. The Kier molecular flexibility index (Phi) is 6.57. The largest absolute Gasteiger partial charge is 0.493 e. The van der Waals surface area contributed by atoms with Gasteiger partial charge in [0, 0.05) is 12.6 Å². The van der Waals surface area contributed by atoms with Crippen LogP contribution in [0.5, 0.6) is 11.5 Å². The highest BCUT2D eigenvalue weighted by atomic mass is 16.6. The summed E-state index contributed by atoms with van der Waals surface area (Å²) in [7, 11) is 1.41. The zero-order valence-electron chi connectivity index (χ0n) is 15.1. The molecule has 1 aliphatic heterocycles. The fourth-order valence-electron chi connectivity index (χ4n) is 2.90. The molecule has 8 nitrogen and oxygen atoms in total. The number of unbranched alkanes of at least 4 members (excludes halogenated alkanes) is 1. The van der Waals surface area contributed by atoms with E-state index >= 15 is 0 Å². The summed E-state index contributed by atoms with van der Waals surface area (Å²) in [6, 6.07) is 2.12. The maximum Gasteiger partial charge on any atom is 0.286 e. The Morgan fingerprint density at radius 3 is 2.77 bits per heavy atom. The highest BCUT2D eigenvalue weighted by Crippen LogP contribution is 2.36. The number of carbonyl (C=O) groups is 1. The Morgan fingerprint density at radius 2 is 2.19 bits per heavy atom. The van der Waals surface area contributed by atoms with Crippen LogP contribution in [0.4, 0.5) is 5.69 Å². The van der Waals surface area contributed by atoms with Crippen LogP contribution in [0.1, 0.15) is 36.5 Å². The number of hydrogen-bond donors (Lipinski definition) is 1. The molecular formula is C18H24N2O6. The van der Waals surface area contributed by atoms with Crippen LogP contribution in [0, 0.1) is 10.1 Å². The summed E-state index contributed by atoms with van der Waals surface area (Å²) in [6.07, 6.45) is 2.19. The van der Waals surface area contributed by atoms with Crippen LogP contribution in [0.2, 0.25) is 0 Å². The molecule has 0 radical (unpaired) electrons. The maximum atomic E-state index is 12.9. The van der Waals surface area contributed by atoms with Gasteiger partial charge in [0.05, 0.1) is 37.4 Å². The maximum absolute atomic E-state index is 12.9. The Hall–Kier alpha value is -2.61. The summed E-state index contributed by atoms with van der Waals surface area (Å²) in [5.41, 5.74) is 0.353. The standard InChI is InChI=1S/C18H24N2O6/c1-4-5-6-26-17-9-15(20(23)24)14(8-16(17)25-3)18(22)19-10-12(2)7-13(19)11-21/h8-9,13,21H,2,4-7,10-11H2,1,3H3/t13-/m0/s1. The number of amides is 1. The van der Waals surface area contributed by atoms with Gasteiger partial charge in [-0.3, -0.25) is 14.9 Å². The average molecular weight is 364 g/mol. The van der Waals surface area contributed by atoms with Crippen LogP contribution in [0.3, 0.4) is 0 Å². The van der Waals surface area contributed by atoms with Crippen molar-refractivity contribution in [2.24, 2.45) is 0 Å². The first-order chi connectivity index (χ1) is 12.4. The first-order valence-corrected chi connectivity index (χ1v) is 8.50. The number of methoxy groups -OCH3 is 1. The first kappa shape index (κ1) is 19.7. The molecule has 0 saturated carbocycles. The number of nitro groups is 1. The summed E-state index contributed by atoms with van der Waals surface area (Å²) in [4.78, 5) is 25.2. The lowest BCUT2D eigenvalue weighted by atomic mass is 10.1. The van der Waals surface area contributed by atoms with Crippen LogP contribution < -0.4 is 9.47 Å². The van der Waals surface area contributed by atoms with Crippen molar-refractivity contribution < 1.29 is 24.3 Å². The van der Waals surface area contributed by atoms with Gasteiger partial charge in [-0.2, -0.15) is 0 Å². The second kappa shape index (κ2) is 8.66. The molecule has 26 heavy (non-hydrogen) atoms. The van der Waals surface area contributed by atoms with Gasteiger partial charge in [0.25, 0.3) is 11.6 Å². The average Bonchev–Trinajstić information content (AvgIpc) is 3.01. The van der Waals surface area contributed by atoms with Gasteiger partial charge in [0.1, 0.15) is 5.56 Å². The lowest BCUT2D eigenvalue weighted by Gasteiger charge is -2.23. The van der Waals surface area contributed by atoms with Gasteiger partial charge in [-0.15, -0.1) is 0 Å². The Morgan fingerprint density at radius 1 is 1.46 bits per heavy atom. The summed E-state index contributed by atoms with van der Waals surface area (Å²) < 4.78 is 10.8. The number of likely N-dealkylation sites (tertiary alicyclic amines) is 1. The summed E-state index contributed by atoms with van der Waals surface area (Å²) >= 11 is 0. The Labute approximate surface area is 152 Å². The van der Waals surface area contributed by atoms with E-state index in [1.165, 1.54) is 24.1 Å². The van der Waals surface area contributed by atoms with Crippen molar-refractivity contribution in [2.45, 2.75) is 32.2 Å². The van der Waals surface area contributed by atoms with E-state index in [2.05, 4.69) is 6.58 Å². The van der Waals surface area contributed by atoms with E-state index in [-0.39, 0.29) is 35.9 Å². The van der Waals surface area contributed by atoms with Crippen LogP contribution in [-0.2, 0) is 0 Å². The molecule has 1 fully saturated rings. The predicted molar refractivity (Wildman–Crippen MR) is 95.7 cm³/mol. The molecule has 0 aromatic heterocycles. The van der Waals surface area contributed by atoms with Crippen LogP contribution in [-0.4, -0.2) is 53.7 Å². The van der Waals surface area contributed by atoms with E-state index in [0.29, 0.717) is 13.0 Å². The zero-order chi connectivity index (χ0) is 19.3. The molecule has 1 amide bonds. The van der Waals surface area contributed by atoms with Gasteiger partial charge in [-0.25, -0.2) is 0 Å². The summed E-state index contributed by atoms with van der Waals surface area (Å²) in [6.45, 7) is 6.28. The summed E-state index contributed by atoms with van der Waals surface area (Å²) in [5.74, 6) is -0.0461. The number of nitrogens with zero attached hydrogens (tertiary/aromatic N) is 2. The van der Waals surface area contributed by atoms with Gasteiger partial charge in [-0.1, -0.05) is 25.5 Å². The Bertz CT molecular complexity index is 703. The second-order valence-corrected chi connectivity index (χ2v) is 6.20. The number of carbonyl (C=O) groups excluding carboxylic acids is 1. The number of aliphatic hydroxyl groups excluding tert-OH is 1. The van der Waals surface area contributed by atoms with Crippen LogP contribution in [0.25, 0.3) is 0 Å². The molecule has 142 valence electrons. The van der Waals surface area contributed by atoms with Gasteiger partial charge >= 0.3 is 0 Å². The van der Waals surface area contributed by atoms with Crippen molar-refractivity contribution in [3.05, 3.63) is 40.0 Å². The fraction of sp³-hybridized carbons (Fsp3) is 0.500. The third kappa shape index (κ3) is 4.13. The van der Waals surface area contributed by atoms with E-state index in [9.17, 15) is 20.0 Å². The van der Waals surface area contributed by atoms with Crippen molar-refractivity contribution in [2.75, 3.05) is 26.9 Å². The molecule has 0 spiro atoms. The van der Waals surface area contributed by atoms with Crippen molar-refractivity contribution in [1.82, 2.24) is 4.90 Å². The number of nitro benzene ring substituents is 1. The molecule has 1 aliphatic rings. The third-order valence-corrected chi connectivity index (χ3v) is 4.30. The number of rotatable bonds is 8. The van der Waals surface area contributed by atoms with E-state index in [0.717, 1.165) is 18.4 Å². The SMILES string of the molecule is C=C1C[C@@H](CO)N(C(=O)c2cc(OC)c(OCCCC)cc2[N+](=O)[O-])C1. The molecule has 2 rings (SSSR count). The molecule has 1 atom stereocenters. The second-order valence-electron chi connectivity index (χ2n) is 6.20. The molecule has 1 N–H and O–H groups in total. The monoisotopic (exact) mass is 364 g/mol. The molecule has 0 unspecified atom stereocenters. The van der Waals surface area contributed by atoms with E-state index < -0.39 is 16.9 Å². The van der Waals surface area contributed by atoms with E-state index in [4.69, 9.17) is 9.47 Å². The molecule has 8 heteroatoms. The van der Waals surface area contributed by atoms with Gasteiger partial charge in [-0.05, 0) is 12.8 Å². The van der Waals surface area contributed by atoms with Crippen molar-refractivity contribution in [3.63, 3.8) is 0 Å². The van der Waals surface area contributed by atoms with E-state index in [1.807, 2.05) is 6.92 Å². The molecule has 1 heterocycles. The zero-order valence-corrected chi connectivity index (χ0v) is 15.1. The minimum absolute atomic E-state index is 0.0946. The van der Waals surface area contributed by atoms with Gasteiger partial charge in [0.2, 0.25) is 0 Å². The van der Waals surface area contributed by atoms with Crippen LogP contribution >= 0.6 is 0 Å². The smallest absolute Gasteiger partial charge is 0.286 e. The fourth-order valence-corrected chi connectivity index (χ4v) is 2.90. The molecule has 0 aliphatic carbocycles. The number of ether oxygens (including phenoxy) is 2. The molecular weight excluding hydrogens is 340 g/mol. The predicted octanol–water partition coefficient (Wildman–Crippen LogP) is 2.55. The lowest BCUT2D eigenvalue weighted by molar-refractivity contribution is -0.385. The number of aliphatic hydroxyl groups is 1. The third-order valence-electron chi connectivity index (χ3n) is 4.30. The Balaban J connectivity index is 2.41. The molecule has 1 aromatic rings. The molecule has 0 bridgehead atoms. The highest BCUT2D eigenvalue weighted by Gasteiger charge is 2.35. The normalized spacial score (nSPS) is 16.7. The minimum Gasteiger partial charge on any atom is -0.493 e. The number of hydrogen-bond acceptors (Lipinski definition) is 6. The topological polar surface area (TPSA) is 102 Å². The quantitative estimate of drug-likeness (QED) is 0.329. The lowest BCUT2D eigenvalue weighted by Crippen LogP contribution is -2.38. The van der Waals surface area contributed by atoms with Crippen molar-refractivity contribution in [1.29, 1.82) is 0 Å². The number of benzene rings is 1. The first-order valence-electron chi connectivity index (χ1n) is 8.50. The van der Waals surface area contributed by atoms with Crippen molar-refractivity contribution >= 4 is 11.6 Å². The van der Waals surface area contributed by atoms with E-state index in [1.54, 1.807) is 0 Å². The van der Waals surface area contributed by atoms with Crippen LogP contribution in [0.15, 0.2) is 24.3 Å². The van der Waals surface area contributed by atoms with Gasteiger partial charge < -0.3 is 19.5 Å². The summed E-state index contributed by atoms with van der Waals surface area (Å²) in [5, 5.41) is 21.0. The van der Waals surface area contributed by atoms with Crippen molar-refractivity contribution in [3.8, 4) is 11.5 Å².